The second kappa shape index (κ2) is 2.60. The smallest absolute Gasteiger partial charge is 0.366 e. The molecule has 0 unspecified atom stereocenters. The molecule has 0 radical (unpaired) electrons. The minimum Gasteiger partial charge on any atom is -0.423 e. The molecule has 5 heteroatoms. The molecule has 0 fully saturated rings. The Morgan fingerprint density at radius 3 is 2.87 bits per heavy atom. The van der Waals surface area contributed by atoms with Gasteiger partial charge in [0, 0.05) is 0 Å². The second-order valence-electron chi connectivity index (χ2n) is 3.12. The molecule has 74 valence electrons. The van der Waals surface area contributed by atoms with Crippen molar-refractivity contribution < 1.29 is 8.83 Å². The molecule has 0 bridgehead atoms. The fourth-order valence-electron chi connectivity index (χ4n) is 1.55. The maximum atomic E-state index is 11.5. The van der Waals surface area contributed by atoms with Crippen molar-refractivity contribution in [3.63, 3.8) is 0 Å². The first kappa shape index (κ1) is 8.05. The molecule has 1 aromatic carbocycles. The van der Waals surface area contributed by atoms with Gasteiger partial charge in [0.2, 0.25) is 0 Å². The lowest BCUT2D eigenvalue weighted by Gasteiger charge is -1.94. The summed E-state index contributed by atoms with van der Waals surface area (Å²) in [6.45, 7) is 0. The third kappa shape index (κ3) is 1.03. The summed E-state index contributed by atoms with van der Waals surface area (Å²) >= 11 is 0. The van der Waals surface area contributed by atoms with Gasteiger partial charge in [-0.3, -0.25) is 0 Å². The Labute approximate surface area is 83.1 Å². The number of aromatic nitrogens is 1. The third-order valence-corrected chi connectivity index (χ3v) is 2.17. The van der Waals surface area contributed by atoms with Crippen molar-refractivity contribution >= 4 is 28.1 Å². The van der Waals surface area contributed by atoms with E-state index < -0.39 is 5.63 Å². The summed E-state index contributed by atoms with van der Waals surface area (Å²) in [7, 11) is 0. The topological polar surface area (TPSA) is 82.3 Å². The molecule has 0 saturated heterocycles. The summed E-state index contributed by atoms with van der Waals surface area (Å²) in [6.07, 6.45) is 0. The Kier molecular flexibility index (Phi) is 1.39. The number of oxazole rings is 1. The first-order valence-electron chi connectivity index (χ1n) is 4.33. The molecule has 0 amide bonds. The number of nitrogens with zero attached hydrogens (tertiary/aromatic N) is 1. The molecule has 0 aliphatic heterocycles. The fraction of sp³-hybridized carbons (Fsp3) is 0. The van der Waals surface area contributed by atoms with Crippen molar-refractivity contribution in [2.75, 3.05) is 5.73 Å². The molecule has 2 aromatic heterocycles. The van der Waals surface area contributed by atoms with E-state index in [1.54, 1.807) is 18.2 Å². The summed E-state index contributed by atoms with van der Waals surface area (Å²) in [5.74, 6) is 0. The summed E-state index contributed by atoms with van der Waals surface area (Å²) in [4.78, 5) is 15.2. The van der Waals surface area contributed by atoms with Crippen molar-refractivity contribution in [3.8, 4) is 0 Å². The molecule has 2 N–H and O–H groups in total. The average Bonchev–Trinajstić information content (AvgIpc) is 2.61. The first-order chi connectivity index (χ1) is 7.25. The predicted octanol–water partition coefficient (Wildman–Crippen LogP) is 1.52. The number of rotatable bonds is 0. The highest BCUT2D eigenvalue weighted by molar-refractivity contribution is 5.99. The van der Waals surface area contributed by atoms with Gasteiger partial charge in [-0.25, -0.2) is 4.79 Å². The number of hydrogen-bond acceptors (Lipinski definition) is 5. The van der Waals surface area contributed by atoms with Gasteiger partial charge in [-0.2, -0.15) is 4.98 Å². The summed E-state index contributed by atoms with van der Waals surface area (Å²) in [6, 6.07) is 7.03. The van der Waals surface area contributed by atoms with E-state index in [1.165, 1.54) is 0 Å². The van der Waals surface area contributed by atoms with Gasteiger partial charge in [0.05, 0.1) is 5.39 Å². The van der Waals surface area contributed by atoms with Crippen LogP contribution in [0.5, 0.6) is 0 Å². The Morgan fingerprint density at radius 1 is 1.20 bits per heavy atom. The van der Waals surface area contributed by atoms with E-state index in [0.717, 1.165) is 0 Å². The molecule has 15 heavy (non-hydrogen) atoms. The minimum atomic E-state index is -0.538. The van der Waals surface area contributed by atoms with Crippen LogP contribution in [0.1, 0.15) is 0 Å². The van der Waals surface area contributed by atoms with Gasteiger partial charge in [0.25, 0.3) is 6.01 Å². The zero-order valence-electron chi connectivity index (χ0n) is 7.56. The monoisotopic (exact) mass is 202 g/mol. The Balaban J connectivity index is 2.69. The number of nitrogens with two attached hydrogens (primary N) is 1. The lowest BCUT2D eigenvalue weighted by atomic mass is 10.2. The summed E-state index contributed by atoms with van der Waals surface area (Å²) < 4.78 is 10.2. The van der Waals surface area contributed by atoms with Crippen molar-refractivity contribution in [2.24, 2.45) is 0 Å². The van der Waals surface area contributed by atoms with Crippen LogP contribution in [-0.4, -0.2) is 4.98 Å². The molecule has 0 aliphatic carbocycles. The van der Waals surface area contributed by atoms with Crippen molar-refractivity contribution in [1.29, 1.82) is 0 Å². The van der Waals surface area contributed by atoms with Gasteiger partial charge in [-0.05, 0) is 12.1 Å². The van der Waals surface area contributed by atoms with Crippen LogP contribution >= 0.6 is 0 Å². The largest absolute Gasteiger partial charge is 0.423 e. The van der Waals surface area contributed by atoms with E-state index in [9.17, 15) is 4.79 Å². The highest BCUT2D eigenvalue weighted by atomic mass is 16.4. The molecule has 3 rings (SSSR count). The van der Waals surface area contributed by atoms with Crippen LogP contribution in [0.4, 0.5) is 6.01 Å². The van der Waals surface area contributed by atoms with Gasteiger partial charge >= 0.3 is 5.63 Å². The molecule has 0 aliphatic rings. The van der Waals surface area contributed by atoms with Crippen LogP contribution in [0, 0.1) is 0 Å². The van der Waals surface area contributed by atoms with Crippen LogP contribution in [-0.2, 0) is 0 Å². The fourth-order valence-corrected chi connectivity index (χ4v) is 1.55. The van der Waals surface area contributed by atoms with E-state index in [2.05, 4.69) is 4.98 Å². The first-order valence-corrected chi connectivity index (χ1v) is 4.33. The minimum absolute atomic E-state index is 0.0337. The van der Waals surface area contributed by atoms with Gasteiger partial charge < -0.3 is 14.6 Å². The number of para-hydroxylation sites is 1. The van der Waals surface area contributed by atoms with E-state index in [0.29, 0.717) is 16.6 Å². The van der Waals surface area contributed by atoms with Gasteiger partial charge in [0.1, 0.15) is 5.58 Å². The van der Waals surface area contributed by atoms with Crippen LogP contribution in [0.3, 0.4) is 0 Å². The number of fused-ring (bicyclic) bond motifs is 3. The Hall–Kier alpha value is -2.30. The van der Waals surface area contributed by atoms with E-state index in [4.69, 9.17) is 14.6 Å². The normalized spacial score (nSPS) is 11.2. The molecule has 0 spiro atoms. The quantitative estimate of drug-likeness (QED) is 0.559. The zero-order chi connectivity index (χ0) is 10.4. The van der Waals surface area contributed by atoms with Crippen LogP contribution in [0.25, 0.3) is 22.1 Å². The van der Waals surface area contributed by atoms with E-state index >= 15 is 0 Å². The second-order valence-corrected chi connectivity index (χ2v) is 3.12. The summed E-state index contributed by atoms with van der Waals surface area (Å²) in [5.41, 5.74) is 5.82. The number of hydrogen-bond donors (Lipinski definition) is 1. The Bertz CT molecular complexity index is 711. The molecule has 2 heterocycles. The molecule has 0 atom stereocenters. The van der Waals surface area contributed by atoms with Crippen LogP contribution < -0.4 is 11.4 Å². The van der Waals surface area contributed by atoms with Gasteiger partial charge in [0.15, 0.2) is 11.1 Å². The maximum Gasteiger partial charge on any atom is 0.366 e. The highest BCUT2D eigenvalue weighted by Gasteiger charge is 2.12. The predicted molar refractivity (Wildman–Crippen MR) is 54.5 cm³/mol. The third-order valence-electron chi connectivity index (χ3n) is 2.17. The SMILES string of the molecule is Nc1nc2c(=O)oc3ccccc3c2o1. The summed E-state index contributed by atoms with van der Waals surface area (Å²) in [5, 5.41) is 0.691. The van der Waals surface area contributed by atoms with Crippen molar-refractivity contribution in [2.45, 2.75) is 0 Å². The molecule has 3 aromatic rings. The molecular weight excluding hydrogens is 196 g/mol. The zero-order valence-corrected chi connectivity index (χ0v) is 7.56. The van der Waals surface area contributed by atoms with Crippen molar-refractivity contribution in [1.82, 2.24) is 4.98 Å². The van der Waals surface area contributed by atoms with Gasteiger partial charge in [-0.1, -0.05) is 12.1 Å². The molecular formula is C10H6N2O3. The Morgan fingerprint density at radius 2 is 2.00 bits per heavy atom. The molecule has 0 saturated carbocycles. The highest BCUT2D eigenvalue weighted by Crippen LogP contribution is 2.23. The van der Waals surface area contributed by atoms with Crippen LogP contribution in [0.2, 0.25) is 0 Å². The van der Waals surface area contributed by atoms with E-state index in [1.807, 2.05) is 6.07 Å². The standard InChI is InChI=1S/C10H6N2O3/c11-10-12-7-8(15-10)5-3-1-2-4-6(5)14-9(7)13/h1-4H,(H2,11,12). The van der Waals surface area contributed by atoms with Crippen molar-refractivity contribution in [3.05, 3.63) is 34.7 Å². The van der Waals surface area contributed by atoms with Gasteiger partial charge in [-0.15, -0.1) is 0 Å². The average molecular weight is 202 g/mol. The van der Waals surface area contributed by atoms with E-state index in [-0.39, 0.29) is 11.5 Å². The lowest BCUT2D eigenvalue weighted by molar-refractivity contribution is 0.565. The van der Waals surface area contributed by atoms with Crippen LogP contribution in [0.15, 0.2) is 37.9 Å². The molecule has 5 nitrogen and oxygen atoms in total. The number of benzene rings is 1. The number of nitrogen functional groups attached to an aromatic ring is 1. The number of anilines is 1. The maximum absolute atomic E-state index is 11.5. The lowest BCUT2D eigenvalue weighted by Crippen LogP contribution is -1.99.